The van der Waals surface area contributed by atoms with E-state index in [0.29, 0.717) is 12.1 Å². The zero-order valence-corrected chi connectivity index (χ0v) is 13.5. The van der Waals surface area contributed by atoms with Gasteiger partial charge in [0.25, 0.3) is 0 Å². The van der Waals surface area contributed by atoms with Gasteiger partial charge >= 0.3 is 0 Å². The second-order valence-corrected chi connectivity index (χ2v) is 6.50. The van der Waals surface area contributed by atoms with E-state index >= 15 is 0 Å². The van der Waals surface area contributed by atoms with Gasteiger partial charge in [0.1, 0.15) is 5.82 Å². The highest BCUT2D eigenvalue weighted by Crippen LogP contribution is 2.34. The molecule has 2 saturated heterocycles. The second kappa shape index (κ2) is 6.32. The summed E-state index contributed by atoms with van der Waals surface area (Å²) in [7, 11) is 0. The van der Waals surface area contributed by atoms with Crippen molar-refractivity contribution in [3.05, 3.63) is 23.4 Å². The predicted octanol–water partition coefficient (Wildman–Crippen LogP) is 2.77. The Morgan fingerprint density at radius 1 is 1.24 bits per heavy atom. The van der Waals surface area contributed by atoms with Crippen LogP contribution in [0.3, 0.4) is 0 Å². The van der Waals surface area contributed by atoms with Crippen molar-refractivity contribution >= 4 is 5.82 Å². The fraction of sp³-hybridized carbons (Fsp3) is 0.706. The molecule has 2 aliphatic heterocycles. The van der Waals surface area contributed by atoms with Gasteiger partial charge < -0.3 is 9.64 Å². The van der Waals surface area contributed by atoms with Crippen molar-refractivity contribution in [1.82, 2.24) is 9.88 Å². The molecule has 0 radical (unpaired) electrons. The number of ether oxygens (including phenoxy) is 1. The van der Waals surface area contributed by atoms with Gasteiger partial charge in [0.05, 0.1) is 13.2 Å². The van der Waals surface area contributed by atoms with Crippen LogP contribution in [0.1, 0.15) is 43.9 Å². The zero-order valence-electron chi connectivity index (χ0n) is 13.5. The average molecular weight is 289 g/mol. The molecule has 0 amide bonds. The van der Waals surface area contributed by atoms with E-state index < -0.39 is 0 Å². The Bertz CT molecular complexity index is 483. The maximum atomic E-state index is 5.43. The van der Waals surface area contributed by atoms with E-state index in [0.717, 1.165) is 32.1 Å². The van der Waals surface area contributed by atoms with Crippen molar-refractivity contribution in [3.63, 3.8) is 0 Å². The summed E-state index contributed by atoms with van der Waals surface area (Å²) in [6, 6.07) is 3.51. The van der Waals surface area contributed by atoms with Gasteiger partial charge in [-0.25, -0.2) is 4.98 Å². The molecule has 2 fully saturated rings. The largest absolute Gasteiger partial charge is 0.378 e. The zero-order chi connectivity index (χ0) is 14.8. The molecular weight excluding hydrogens is 262 g/mol. The molecule has 21 heavy (non-hydrogen) atoms. The molecule has 116 valence electrons. The molecule has 0 saturated carbocycles. The molecule has 0 aromatic carbocycles. The molecule has 0 N–H and O–H groups in total. The maximum Gasteiger partial charge on any atom is 0.131 e. The lowest BCUT2D eigenvalue weighted by molar-refractivity contribution is 0.122. The third kappa shape index (κ3) is 3.06. The van der Waals surface area contributed by atoms with Gasteiger partial charge in [-0.1, -0.05) is 0 Å². The normalized spacial score (nSPS) is 24.0. The lowest BCUT2D eigenvalue weighted by Crippen LogP contribution is -2.37. The van der Waals surface area contributed by atoms with Crippen molar-refractivity contribution in [1.29, 1.82) is 0 Å². The van der Waals surface area contributed by atoms with Crippen LogP contribution in [0.15, 0.2) is 12.3 Å². The van der Waals surface area contributed by atoms with Crippen LogP contribution in [0.4, 0.5) is 5.82 Å². The van der Waals surface area contributed by atoms with E-state index in [4.69, 9.17) is 9.72 Å². The molecule has 3 heterocycles. The summed E-state index contributed by atoms with van der Waals surface area (Å²) in [5.41, 5.74) is 2.68. The molecule has 1 aromatic heterocycles. The summed E-state index contributed by atoms with van der Waals surface area (Å²) in [6.45, 7) is 11.5. The Morgan fingerprint density at radius 2 is 2.00 bits per heavy atom. The first-order valence-corrected chi connectivity index (χ1v) is 8.22. The van der Waals surface area contributed by atoms with Gasteiger partial charge in [-0.15, -0.1) is 0 Å². The van der Waals surface area contributed by atoms with E-state index in [1.54, 1.807) is 0 Å². The minimum atomic E-state index is 0.551. The number of hydrogen-bond acceptors (Lipinski definition) is 4. The van der Waals surface area contributed by atoms with E-state index in [-0.39, 0.29) is 0 Å². The van der Waals surface area contributed by atoms with Crippen molar-refractivity contribution in [2.24, 2.45) is 0 Å². The highest BCUT2D eigenvalue weighted by atomic mass is 16.5. The third-order valence-electron chi connectivity index (χ3n) is 4.72. The third-order valence-corrected chi connectivity index (χ3v) is 4.72. The van der Waals surface area contributed by atoms with Crippen LogP contribution >= 0.6 is 0 Å². The Morgan fingerprint density at radius 3 is 2.67 bits per heavy atom. The molecule has 2 aliphatic rings. The fourth-order valence-electron chi connectivity index (χ4n) is 3.64. The summed E-state index contributed by atoms with van der Waals surface area (Å²) in [5.74, 6) is 1.14. The maximum absolute atomic E-state index is 5.43. The lowest BCUT2D eigenvalue weighted by atomic mass is 10.0. The summed E-state index contributed by atoms with van der Waals surface area (Å²) >= 11 is 0. The fourth-order valence-corrected chi connectivity index (χ4v) is 3.64. The van der Waals surface area contributed by atoms with Crippen LogP contribution in [-0.4, -0.2) is 48.8 Å². The second-order valence-electron chi connectivity index (χ2n) is 6.50. The smallest absolute Gasteiger partial charge is 0.131 e. The van der Waals surface area contributed by atoms with Gasteiger partial charge in [0.2, 0.25) is 0 Å². The first-order valence-electron chi connectivity index (χ1n) is 8.22. The number of likely N-dealkylation sites (tertiary alicyclic amines) is 1. The van der Waals surface area contributed by atoms with Crippen LogP contribution in [0.2, 0.25) is 0 Å². The van der Waals surface area contributed by atoms with E-state index in [1.807, 2.05) is 0 Å². The Labute approximate surface area is 128 Å². The van der Waals surface area contributed by atoms with E-state index in [1.165, 1.54) is 30.5 Å². The topological polar surface area (TPSA) is 28.6 Å². The molecule has 0 spiro atoms. The molecule has 0 unspecified atom stereocenters. The minimum Gasteiger partial charge on any atom is -0.378 e. The van der Waals surface area contributed by atoms with Crippen molar-refractivity contribution in [2.45, 2.75) is 45.7 Å². The Balaban J connectivity index is 1.80. The van der Waals surface area contributed by atoms with Crippen molar-refractivity contribution < 1.29 is 4.74 Å². The molecule has 4 heteroatoms. The molecule has 1 aromatic rings. The molecule has 0 aliphatic carbocycles. The van der Waals surface area contributed by atoms with Gasteiger partial charge in [-0.3, -0.25) is 4.90 Å². The van der Waals surface area contributed by atoms with Crippen LogP contribution in [0.5, 0.6) is 0 Å². The van der Waals surface area contributed by atoms with Crippen LogP contribution in [-0.2, 0) is 4.74 Å². The van der Waals surface area contributed by atoms with Crippen LogP contribution in [0, 0.1) is 6.92 Å². The first-order chi connectivity index (χ1) is 10.2. The summed E-state index contributed by atoms with van der Waals surface area (Å²) in [6.07, 6.45) is 4.66. The number of anilines is 1. The molecule has 3 rings (SSSR count). The molecule has 0 bridgehead atoms. The average Bonchev–Trinajstić information content (AvgIpc) is 2.97. The lowest BCUT2D eigenvalue weighted by Gasteiger charge is -2.31. The number of nitrogens with zero attached hydrogens (tertiary/aromatic N) is 3. The predicted molar refractivity (Wildman–Crippen MR) is 85.8 cm³/mol. The van der Waals surface area contributed by atoms with Gasteiger partial charge in [-0.05, 0) is 57.4 Å². The standard InChI is InChI=1S/C17H27N3O/c1-13(2)20-6-4-5-16(20)15-11-14(3)17(18-12-15)19-7-9-21-10-8-19/h11-13,16H,4-10H2,1-3H3/t16-/m1/s1. The summed E-state index contributed by atoms with van der Waals surface area (Å²) in [4.78, 5) is 9.73. The van der Waals surface area contributed by atoms with Gasteiger partial charge in [0.15, 0.2) is 0 Å². The SMILES string of the molecule is Cc1cc([C@H]2CCCN2C(C)C)cnc1N1CCOCC1. The minimum absolute atomic E-state index is 0.551. The molecular formula is C17H27N3O. The Hall–Kier alpha value is -1.13. The van der Waals surface area contributed by atoms with Crippen molar-refractivity contribution in [3.8, 4) is 0 Å². The van der Waals surface area contributed by atoms with E-state index in [9.17, 15) is 0 Å². The number of pyridine rings is 1. The van der Waals surface area contributed by atoms with Gasteiger partial charge in [-0.2, -0.15) is 0 Å². The van der Waals surface area contributed by atoms with E-state index in [2.05, 4.69) is 42.8 Å². The van der Waals surface area contributed by atoms with Gasteiger partial charge in [0, 0.05) is 31.4 Å². The van der Waals surface area contributed by atoms with Crippen LogP contribution < -0.4 is 4.90 Å². The van der Waals surface area contributed by atoms with Crippen molar-refractivity contribution in [2.75, 3.05) is 37.7 Å². The first kappa shape index (κ1) is 14.8. The number of morpholine rings is 1. The Kier molecular flexibility index (Phi) is 4.45. The number of rotatable bonds is 3. The number of aryl methyl sites for hydroxylation is 1. The molecule has 4 nitrogen and oxygen atoms in total. The summed E-state index contributed by atoms with van der Waals surface area (Å²) < 4.78 is 5.43. The summed E-state index contributed by atoms with van der Waals surface area (Å²) in [5, 5.41) is 0. The monoisotopic (exact) mass is 289 g/mol. The number of aromatic nitrogens is 1. The number of hydrogen-bond donors (Lipinski definition) is 0. The van der Waals surface area contributed by atoms with Crippen LogP contribution in [0.25, 0.3) is 0 Å². The quantitative estimate of drug-likeness (QED) is 0.855. The molecule has 1 atom stereocenters. The highest BCUT2D eigenvalue weighted by Gasteiger charge is 2.28. The highest BCUT2D eigenvalue weighted by molar-refractivity contribution is 5.48.